The first-order chi connectivity index (χ1) is 12.5. The molecule has 3 rings (SSSR count). The van der Waals surface area contributed by atoms with Gasteiger partial charge in [-0.05, 0) is 59.8 Å². The van der Waals surface area contributed by atoms with Crippen molar-refractivity contribution in [2.45, 2.75) is 13.0 Å². The van der Waals surface area contributed by atoms with Crippen molar-refractivity contribution in [1.82, 2.24) is 25.5 Å². The Labute approximate surface area is 163 Å². The highest BCUT2D eigenvalue weighted by molar-refractivity contribution is 9.10. The third kappa shape index (κ3) is 4.59. The average molecular weight is 437 g/mol. The van der Waals surface area contributed by atoms with Crippen LogP contribution in [0.1, 0.15) is 18.8 Å². The quantitative estimate of drug-likeness (QED) is 0.641. The Morgan fingerprint density at radius 2 is 2.08 bits per heavy atom. The molecule has 1 heterocycles. The molecule has 0 fully saturated rings. The minimum atomic E-state index is -0.398. The first-order valence-corrected chi connectivity index (χ1v) is 8.92. The molecule has 2 aromatic carbocycles. The van der Waals surface area contributed by atoms with Crippen LogP contribution in [0.25, 0.3) is 5.69 Å². The number of tetrazole rings is 1. The average Bonchev–Trinajstić information content (AvgIpc) is 3.11. The third-order valence-corrected chi connectivity index (χ3v) is 4.24. The number of carbonyl (C=O) groups is 1. The SMILES string of the molecule is CC(NC(=O)COc1ccc(Cl)cc1)c1nnnn1-c1cccc(Br)c1. The molecule has 1 aromatic heterocycles. The first-order valence-electron chi connectivity index (χ1n) is 7.75. The van der Waals surface area contributed by atoms with Gasteiger partial charge < -0.3 is 10.1 Å². The van der Waals surface area contributed by atoms with Crippen LogP contribution in [0.4, 0.5) is 0 Å². The lowest BCUT2D eigenvalue weighted by atomic mass is 10.2. The van der Waals surface area contributed by atoms with Gasteiger partial charge in [-0.25, -0.2) is 0 Å². The highest BCUT2D eigenvalue weighted by Crippen LogP contribution is 2.18. The zero-order valence-corrected chi connectivity index (χ0v) is 16.1. The molecule has 134 valence electrons. The highest BCUT2D eigenvalue weighted by Gasteiger charge is 2.18. The van der Waals surface area contributed by atoms with E-state index in [1.807, 2.05) is 24.3 Å². The molecular formula is C17H15BrClN5O2. The number of amides is 1. The summed E-state index contributed by atoms with van der Waals surface area (Å²) in [5.41, 5.74) is 0.790. The molecule has 7 nitrogen and oxygen atoms in total. The molecule has 3 aromatic rings. The number of benzene rings is 2. The monoisotopic (exact) mass is 435 g/mol. The van der Waals surface area contributed by atoms with Crippen LogP contribution in [0.2, 0.25) is 5.02 Å². The van der Waals surface area contributed by atoms with E-state index in [-0.39, 0.29) is 12.5 Å². The fraction of sp³-hybridized carbons (Fsp3) is 0.176. The highest BCUT2D eigenvalue weighted by atomic mass is 79.9. The minimum absolute atomic E-state index is 0.121. The predicted molar refractivity (Wildman–Crippen MR) is 100 cm³/mol. The van der Waals surface area contributed by atoms with Gasteiger partial charge in [0.05, 0.1) is 11.7 Å². The summed E-state index contributed by atoms with van der Waals surface area (Å²) in [6.07, 6.45) is 0. The second kappa shape index (κ2) is 8.29. The van der Waals surface area contributed by atoms with E-state index in [0.29, 0.717) is 16.6 Å². The van der Waals surface area contributed by atoms with Gasteiger partial charge in [0.1, 0.15) is 5.75 Å². The molecule has 9 heteroatoms. The van der Waals surface area contributed by atoms with Gasteiger partial charge in [0.15, 0.2) is 12.4 Å². The van der Waals surface area contributed by atoms with E-state index in [2.05, 4.69) is 36.8 Å². The Kier molecular flexibility index (Phi) is 5.85. The van der Waals surface area contributed by atoms with Gasteiger partial charge in [-0.2, -0.15) is 4.68 Å². The van der Waals surface area contributed by atoms with Crippen LogP contribution in [0.5, 0.6) is 5.75 Å². The Morgan fingerprint density at radius 1 is 1.31 bits per heavy atom. The minimum Gasteiger partial charge on any atom is -0.484 e. The van der Waals surface area contributed by atoms with Crippen LogP contribution in [0, 0.1) is 0 Å². The molecule has 0 bridgehead atoms. The maximum atomic E-state index is 12.1. The van der Waals surface area contributed by atoms with Crippen LogP contribution < -0.4 is 10.1 Å². The number of aromatic nitrogens is 4. The lowest BCUT2D eigenvalue weighted by Crippen LogP contribution is -2.32. The molecule has 1 unspecified atom stereocenters. The number of carbonyl (C=O) groups excluding carboxylic acids is 1. The second-order valence-electron chi connectivity index (χ2n) is 5.46. The molecular weight excluding hydrogens is 422 g/mol. The fourth-order valence-corrected chi connectivity index (χ4v) is 2.80. The van der Waals surface area contributed by atoms with Crippen LogP contribution in [-0.2, 0) is 4.79 Å². The number of nitrogens with zero attached hydrogens (tertiary/aromatic N) is 4. The number of hydrogen-bond acceptors (Lipinski definition) is 5. The first kappa shape index (κ1) is 18.3. The number of ether oxygens (including phenoxy) is 1. The molecule has 26 heavy (non-hydrogen) atoms. The van der Waals surface area contributed by atoms with Gasteiger partial charge in [0.2, 0.25) is 0 Å². The largest absolute Gasteiger partial charge is 0.484 e. The maximum absolute atomic E-state index is 12.1. The summed E-state index contributed by atoms with van der Waals surface area (Å²) < 4.78 is 7.92. The molecule has 0 saturated heterocycles. The summed E-state index contributed by atoms with van der Waals surface area (Å²) in [4.78, 5) is 12.1. The molecule has 0 spiro atoms. The van der Waals surface area contributed by atoms with Crippen LogP contribution >= 0.6 is 27.5 Å². The normalized spacial score (nSPS) is 11.8. The summed E-state index contributed by atoms with van der Waals surface area (Å²) in [6, 6.07) is 14.0. The summed E-state index contributed by atoms with van der Waals surface area (Å²) in [5.74, 6) is 0.801. The van der Waals surface area contributed by atoms with E-state index in [1.165, 1.54) is 0 Å². The molecule has 0 aliphatic carbocycles. The fourth-order valence-electron chi connectivity index (χ4n) is 2.28. The van der Waals surface area contributed by atoms with E-state index >= 15 is 0 Å². The molecule has 0 saturated carbocycles. The van der Waals surface area contributed by atoms with Gasteiger partial charge in [0.25, 0.3) is 5.91 Å². The zero-order chi connectivity index (χ0) is 18.5. The maximum Gasteiger partial charge on any atom is 0.258 e. The summed E-state index contributed by atoms with van der Waals surface area (Å²) in [7, 11) is 0. The van der Waals surface area contributed by atoms with Crippen LogP contribution in [0.3, 0.4) is 0 Å². The standard InChI is InChI=1S/C17H15BrClN5O2/c1-11(20-16(25)10-26-15-7-5-13(19)6-8-15)17-21-22-23-24(17)14-4-2-3-12(18)9-14/h2-9,11H,10H2,1H3,(H,20,25). The van der Waals surface area contributed by atoms with Crippen molar-refractivity contribution in [2.24, 2.45) is 0 Å². The number of hydrogen-bond donors (Lipinski definition) is 1. The predicted octanol–water partition coefficient (Wildman–Crippen LogP) is 3.33. The van der Waals surface area contributed by atoms with Crippen molar-refractivity contribution < 1.29 is 9.53 Å². The number of nitrogens with one attached hydrogen (secondary N) is 1. The van der Waals surface area contributed by atoms with E-state index in [1.54, 1.807) is 35.9 Å². The number of halogens is 2. The summed E-state index contributed by atoms with van der Waals surface area (Å²) in [5, 5.41) is 15.2. The van der Waals surface area contributed by atoms with Gasteiger partial charge >= 0.3 is 0 Å². The van der Waals surface area contributed by atoms with Crippen molar-refractivity contribution in [3.05, 3.63) is 63.9 Å². The Bertz CT molecular complexity index is 900. The van der Waals surface area contributed by atoms with Crippen molar-refractivity contribution in [2.75, 3.05) is 6.61 Å². The number of rotatable bonds is 6. The van der Waals surface area contributed by atoms with Crippen molar-refractivity contribution in [3.8, 4) is 11.4 Å². The Morgan fingerprint density at radius 3 is 2.81 bits per heavy atom. The Balaban J connectivity index is 1.63. The third-order valence-electron chi connectivity index (χ3n) is 3.49. The van der Waals surface area contributed by atoms with Crippen molar-refractivity contribution >= 4 is 33.4 Å². The van der Waals surface area contributed by atoms with Gasteiger partial charge in [-0.3, -0.25) is 4.79 Å². The molecule has 0 aliphatic heterocycles. The lowest BCUT2D eigenvalue weighted by molar-refractivity contribution is -0.123. The topological polar surface area (TPSA) is 81.9 Å². The van der Waals surface area contributed by atoms with E-state index in [4.69, 9.17) is 16.3 Å². The summed E-state index contributed by atoms with van der Waals surface area (Å²) >= 11 is 9.24. The molecule has 0 radical (unpaired) electrons. The second-order valence-corrected chi connectivity index (χ2v) is 6.81. The van der Waals surface area contributed by atoms with E-state index < -0.39 is 6.04 Å². The van der Waals surface area contributed by atoms with E-state index in [9.17, 15) is 4.79 Å². The summed E-state index contributed by atoms with van der Waals surface area (Å²) in [6.45, 7) is 1.69. The van der Waals surface area contributed by atoms with Crippen LogP contribution in [0.15, 0.2) is 53.0 Å². The molecule has 1 N–H and O–H groups in total. The lowest BCUT2D eigenvalue weighted by Gasteiger charge is -2.14. The van der Waals surface area contributed by atoms with Gasteiger partial charge in [-0.1, -0.05) is 33.6 Å². The van der Waals surface area contributed by atoms with Crippen LogP contribution in [-0.4, -0.2) is 32.7 Å². The smallest absolute Gasteiger partial charge is 0.258 e. The van der Waals surface area contributed by atoms with E-state index in [0.717, 1.165) is 10.2 Å². The molecule has 1 atom stereocenters. The van der Waals surface area contributed by atoms with Gasteiger partial charge in [0, 0.05) is 9.50 Å². The van der Waals surface area contributed by atoms with Crippen molar-refractivity contribution in [1.29, 1.82) is 0 Å². The molecule has 0 aliphatic rings. The zero-order valence-electron chi connectivity index (χ0n) is 13.8. The van der Waals surface area contributed by atoms with Crippen molar-refractivity contribution in [3.63, 3.8) is 0 Å². The van der Waals surface area contributed by atoms with Gasteiger partial charge in [-0.15, -0.1) is 5.10 Å². The molecule has 1 amide bonds. The Hall–Kier alpha value is -2.45.